The van der Waals surface area contributed by atoms with E-state index in [1.807, 2.05) is 0 Å². The Labute approximate surface area is 187 Å². The molecule has 0 bridgehead atoms. The Kier molecular flexibility index (Phi) is 5.67. The molecule has 1 aliphatic heterocycles. The van der Waals surface area contributed by atoms with Crippen LogP contribution < -0.4 is 15.0 Å². The summed E-state index contributed by atoms with van der Waals surface area (Å²) in [6, 6.07) is 16.6. The van der Waals surface area contributed by atoms with Crippen molar-refractivity contribution < 1.29 is 18.7 Å². The maximum atomic E-state index is 13.5. The van der Waals surface area contributed by atoms with Crippen molar-refractivity contribution in [1.82, 2.24) is 0 Å². The van der Waals surface area contributed by atoms with Crippen molar-refractivity contribution in [3.63, 3.8) is 0 Å². The molecule has 0 saturated heterocycles. The van der Waals surface area contributed by atoms with Gasteiger partial charge in [-0.2, -0.15) is 0 Å². The third kappa shape index (κ3) is 4.00. The average molecular weight is 457 g/mol. The van der Waals surface area contributed by atoms with Gasteiger partial charge in [-0.15, -0.1) is 0 Å². The minimum absolute atomic E-state index is 0.0396. The van der Waals surface area contributed by atoms with Gasteiger partial charge in [0.1, 0.15) is 17.3 Å². The standard InChI is InChI=1S/C23H15Cl2FN2O3/c1-31-19-10-9-16(12-18(19)25)27-21-20(13-5-7-15(26)8-6-13)22(29)28(23(21)30)17-4-2-3-14(24)11-17/h2-12,27H,1H3. The number of carbonyl (C=O) groups is 2. The van der Waals surface area contributed by atoms with Crippen LogP contribution in [0.15, 0.2) is 72.4 Å². The lowest BCUT2D eigenvalue weighted by atomic mass is 10.0. The molecule has 0 unspecified atom stereocenters. The molecule has 3 aromatic rings. The summed E-state index contributed by atoms with van der Waals surface area (Å²) in [6.45, 7) is 0. The highest BCUT2D eigenvalue weighted by atomic mass is 35.5. The van der Waals surface area contributed by atoms with Crippen LogP contribution >= 0.6 is 23.2 Å². The summed E-state index contributed by atoms with van der Waals surface area (Å²) < 4.78 is 18.6. The number of methoxy groups -OCH3 is 1. The van der Waals surface area contributed by atoms with E-state index >= 15 is 0 Å². The molecule has 0 aliphatic carbocycles. The van der Waals surface area contributed by atoms with Gasteiger partial charge in [0.15, 0.2) is 0 Å². The lowest BCUT2D eigenvalue weighted by Crippen LogP contribution is -2.32. The fourth-order valence-electron chi connectivity index (χ4n) is 3.27. The molecule has 31 heavy (non-hydrogen) atoms. The van der Waals surface area contributed by atoms with Crippen LogP contribution in [0.5, 0.6) is 5.75 Å². The Morgan fingerprint density at radius 2 is 1.68 bits per heavy atom. The first kappa shape index (κ1) is 20.9. The van der Waals surface area contributed by atoms with Crippen molar-refractivity contribution in [2.45, 2.75) is 0 Å². The number of rotatable bonds is 5. The number of ether oxygens (including phenoxy) is 1. The smallest absolute Gasteiger partial charge is 0.282 e. The van der Waals surface area contributed by atoms with E-state index in [0.29, 0.717) is 32.7 Å². The number of hydrogen-bond donors (Lipinski definition) is 1. The second kappa shape index (κ2) is 8.41. The summed E-state index contributed by atoms with van der Waals surface area (Å²) in [6.07, 6.45) is 0. The van der Waals surface area contributed by atoms with Gasteiger partial charge in [-0.1, -0.05) is 41.4 Å². The van der Waals surface area contributed by atoms with Crippen LogP contribution in [0.2, 0.25) is 10.0 Å². The van der Waals surface area contributed by atoms with Crippen LogP contribution in [-0.4, -0.2) is 18.9 Å². The molecule has 0 fully saturated rings. The molecule has 156 valence electrons. The average Bonchev–Trinajstić information content (AvgIpc) is 2.98. The molecule has 1 N–H and O–H groups in total. The van der Waals surface area contributed by atoms with Crippen LogP contribution in [0.25, 0.3) is 5.57 Å². The Hall–Kier alpha value is -3.35. The van der Waals surface area contributed by atoms with Gasteiger partial charge in [-0.3, -0.25) is 9.59 Å². The van der Waals surface area contributed by atoms with Crippen LogP contribution in [0.3, 0.4) is 0 Å². The molecule has 1 aliphatic rings. The van der Waals surface area contributed by atoms with Gasteiger partial charge in [0.05, 0.1) is 23.4 Å². The molecule has 0 aromatic heterocycles. The zero-order valence-corrected chi connectivity index (χ0v) is 17.7. The minimum Gasteiger partial charge on any atom is -0.495 e. The van der Waals surface area contributed by atoms with Gasteiger partial charge in [-0.05, 0) is 54.1 Å². The number of anilines is 2. The van der Waals surface area contributed by atoms with E-state index in [9.17, 15) is 14.0 Å². The van der Waals surface area contributed by atoms with Crippen molar-refractivity contribution in [3.05, 3.63) is 93.9 Å². The van der Waals surface area contributed by atoms with Crippen LogP contribution in [0.1, 0.15) is 5.56 Å². The summed E-state index contributed by atoms with van der Waals surface area (Å²) in [7, 11) is 1.49. The van der Waals surface area contributed by atoms with E-state index in [-0.39, 0.29) is 11.3 Å². The second-order valence-electron chi connectivity index (χ2n) is 6.66. The molecule has 2 amide bonds. The molecule has 0 atom stereocenters. The number of hydrogen-bond acceptors (Lipinski definition) is 4. The quantitative estimate of drug-likeness (QED) is 0.512. The number of halogens is 3. The summed E-state index contributed by atoms with van der Waals surface area (Å²) in [5.41, 5.74) is 1.35. The van der Waals surface area contributed by atoms with Gasteiger partial charge >= 0.3 is 0 Å². The van der Waals surface area contributed by atoms with E-state index in [1.54, 1.807) is 36.4 Å². The van der Waals surface area contributed by atoms with Gasteiger partial charge < -0.3 is 10.1 Å². The molecule has 5 nitrogen and oxygen atoms in total. The van der Waals surface area contributed by atoms with Crippen LogP contribution in [0.4, 0.5) is 15.8 Å². The monoisotopic (exact) mass is 456 g/mol. The van der Waals surface area contributed by atoms with E-state index in [1.165, 1.54) is 37.4 Å². The highest BCUT2D eigenvalue weighted by Gasteiger charge is 2.40. The highest BCUT2D eigenvalue weighted by molar-refractivity contribution is 6.46. The summed E-state index contributed by atoms with van der Waals surface area (Å²) >= 11 is 12.2. The second-order valence-corrected chi connectivity index (χ2v) is 7.50. The number of benzene rings is 3. The van der Waals surface area contributed by atoms with Gasteiger partial charge in [-0.25, -0.2) is 9.29 Å². The van der Waals surface area contributed by atoms with Gasteiger partial charge in [0.2, 0.25) is 0 Å². The van der Waals surface area contributed by atoms with E-state index in [0.717, 1.165) is 4.90 Å². The predicted octanol–water partition coefficient (Wildman–Crippen LogP) is 5.54. The fourth-order valence-corrected chi connectivity index (χ4v) is 3.71. The minimum atomic E-state index is -0.571. The van der Waals surface area contributed by atoms with E-state index < -0.39 is 17.6 Å². The van der Waals surface area contributed by atoms with Gasteiger partial charge in [0.25, 0.3) is 11.8 Å². The Balaban J connectivity index is 1.81. The van der Waals surface area contributed by atoms with Gasteiger partial charge in [0, 0.05) is 10.7 Å². The Bertz CT molecular complexity index is 1230. The lowest BCUT2D eigenvalue weighted by Gasteiger charge is -2.15. The third-order valence-electron chi connectivity index (χ3n) is 4.70. The zero-order valence-electron chi connectivity index (χ0n) is 16.2. The molecule has 3 aromatic carbocycles. The van der Waals surface area contributed by atoms with Crippen molar-refractivity contribution in [2.75, 3.05) is 17.3 Å². The first-order valence-corrected chi connectivity index (χ1v) is 9.90. The molecule has 0 spiro atoms. The van der Waals surface area contributed by atoms with E-state index in [4.69, 9.17) is 27.9 Å². The fraction of sp³-hybridized carbons (Fsp3) is 0.0435. The summed E-state index contributed by atoms with van der Waals surface area (Å²) in [4.78, 5) is 27.6. The molecular weight excluding hydrogens is 442 g/mol. The maximum absolute atomic E-state index is 13.5. The molecular formula is C23H15Cl2FN2O3. The van der Waals surface area contributed by atoms with Crippen molar-refractivity contribution >= 4 is 52.0 Å². The molecule has 0 radical (unpaired) electrons. The number of imide groups is 1. The highest BCUT2D eigenvalue weighted by Crippen LogP contribution is 2.35. The number of amides is 2. The van der Waals surface area contributed by atoms with Crippen molar-refractivity contribution in [1.29, 1.82) is 0 Å². The Morgan fingerprint density at radius 3 is 2.32 bits per heavy atom. The molecule has 4 rings (SSSR count). The first-order chi connectivity index (χ1) is 14.9. The first-order valence-electron chi connectivity index (χ1n) is 9.14. The number of nitrogens with one attached hydrogen (secondary N) is 1. The topological polar surface area (TPSA) is 58.6 Å². The lowest BCUT2D eigenvalue weighted by molar-refractivity contribution is -0.120. The number of carbonyl (C=O) groups excluding carboxylic acids is 2. The van der Waals surface area contributed by atoms with Crippen LogP contribution in [-0.2, 0) is 9.59 Å². The van der Waals surface area contributed by atoms with Crippen molar-refractivity contribution in [3.8, 4) is 5.75 Å². The van der Waals surface area contributed by atoms with Crippen molar-refractivity contribution in [2.24, 2.45) is 0 Å². The third-order valence-corrected chi connectivity index (χ3v) is 5.23. The zero-order chi connectivity index (χ0) is 22.1. The molecule has 0 saturated carbocycles. The number of nitrogens with zero attached hydrogens (tertiary/aromatic N) is 1. The van der Waals surface area contributed by atoms with E-state index in [2.05, 4.69) is 5.32 Å². The summed E-state index contributed by atoms with van der Waals surface area (Å²) in [5.74, 6) is -1.11. The molecule has 1 heterocycles. The normalized spacial score (nSPS) is 13.7. The SMILES string of the molecule is COc1ccc(NC2=C(c3ccc(F)cc3)C(=O)N(c3cccc(Cl)c3)C2=O)cc1Cl. The largest absolute Gasteiger partial charge is 0.495 e. The molecule has 8 heteroatoms. The summed E-state index contributed by atoms with van der Waals surface area (Å²) in [5, 5.41) is 3.70. The maximum Gasteiger partial charge on any atom is 0.282 e. The van der Waals surface area contributed by atoms with Crippen LogP contribution in [0, 0.1) is 5.82 Å². The Morgan fingerprint density at radius 1 is 0.935 bits per heavy atom. The predicted molar refractivity (Wildman–Crippen MR) is 119 cm³/mol.